The molecule has 2 aromatic carbocycles. The van der Waals surface area contributed by atoms with Gasteiger partial charge in [-0.2, -0.15) is 0 Å². The summed E-state index contributed by atoms with van der Waals surface area (Å²) in [6.45, 7) is 4.87. The Balaban J connectivity index is 0.00000320. The zero-order valence-corrected chi connectivity index (χ0v) is 19.9. The number of benzene rings is 2. The SMILES string of the molecule is CN=C(NCCOc1ccccc1)NCc1ccc(CN2CCC(O)CC2)cc1.I. The first kappa shape index (κ1) is 24.4. The van der Waals surface area contributed by atoms with Gasteiger partial charge in [0.1, 0.15) is 12.4 Å². The lowest BCUT2D eigenvalue weighted by molar-refractivity contribution is 0.0792. The normalized spacial score (nSPS) is 15.3. The number of nitrogens with one attached hydrogen (secondary N) is 2. The Morgan fingerprint density at radius 2 is 1.70 bits per heavy atom. The third-order valence-electron chi connectivity index (χ3n) is 5.08. The molecule has 0 bridgehead atoms. The minimum Gasteiger partial charge on any atom is -0.492 e. The summed E-state index contributed by atoms with van der Waals surface area (Å²) in [6, 6.07) is 18.5. The van der Waals surface area contributed by atoms with Crippen molar-refractivity contribution in [3.8, 4) is 5.75 Å². The predicted molar refractivity (Wildman–Crippen MR) is 133 cm³/mol. The number of hydrogen-bond acceptors (Lipinski definition) is 4. The van der Waals surface area contributed by atoms with E-state index in [1.807, 2.05) is 30.3 Å². The lowest BCUT2D eigenvalue weighted by Crippen LogP contribution is -2.38. The third kappa shape index (κ3) is 8.49. The molecule has 7 heteroatoms. The molecule has 0 amide bonds. The van der Waals surface area contributed by atoms with Gasteiger partial charge < -0.3 is 20.5 Å². The van der Waals surface area contributed by atoms with E-state index >= 15 is 0 Å². The summed E-state index contributed by atoms with van der Waals surface area (Å²) in [6.07, 6.45) is 1.64. The number of aliphatic hydroxyl groups excluding tert-OH is 1. The molecule has 0 spiro atoms. The lowest BCUT2D eigenvalue weighted by atomic mass is 10.1. The number of ether oxygens (including phenoxy) is 1. The van der Waals surface area contributed by atoms with Crippen LogP contribution >= 0.6 is 24.0 Å². The first-order valence-corrected chi connectivity index (χ1v) is 10.3. The van der Waals surface area contributed by atoms with Crippen LogP contribution in [-0.4, -0.2) is 55.4 Å². The number of aliphatic hydroxyl groups is 1. The van der Waals surface area contributed by atoms with Crippen LogP contribution in [0.4, 0.5) is 0 Å². The van der Waals surface area contributed by atoms with Gasteiger partial charge in [-0.3, -0.25) is 9.89 Å². The Bertz CT molecular complexity index is 748. The summed E-state index contributed by atoms with van der Waals surface area (Å²) in [5.41, 5.74) is 2.53. The standard InChI is InChI=1S/C23H32N4O2.HI/c1-24-23(25-13-16-29-22-5-3-2-4-6-22)26-17-19-7-9-20(10-8-19)18-27-14-11-21(28)12-15-27;/h2-10,21,28H,11-18H2,1H3,(H2,24,25,26);1H. The largest absolute Gasteiger partial charge is 0.492 e. The van der Waals surface area contributed by atoms with Gasteiger partial charge in [-0.1, -0.05) is 42.5 Å². The lowest BCUT2D eigenvalue weighted by Gasteiger charge is -2.29. The summed E-state index contributed by atoms with van der Waals surface area (Å²) in [5.74, 6) is 1.63. The van der Waals surface area contributed by atoms with Crippen molar-refractivity contribution in [3.63, 3.8) is 0 Å². The maximum Gasteiger partial charge on any atom is 0.191 e. The van der Waals surface area contributed by atoms with Crippen molar-refractivity contribution in [2.45, 2.75) is 32.0 Å². The van der Waals surface area contributed by atoms with E-state index in [-0.39, 0.29) is 30.1 Å². The Morgan fingerprint density at radius 3 is 2.37 bits per heavy atom. The van der Waals surface area contributed by atoms with E-state index in [0.717, 1.165) is 50.7 Å². The molecule has 164 valence electrons. The zero-order valence-electron chi connectivity index (χ0n) is 17.6. The molecule has 0 atom stereocenters. The first-order chi connectivity index (χ1) is 14.2. The van der Waals surface area contributed by atoms with Crippen LogP contribution in [-0.2, 0) is 13.1 Å². The Kier molecular flexibility index (Phi) is 11.0. The van der Waals surface area contributed by atoms with Crippen LogP contribution in [0.1, 0.15) is 24.0 Å². The van der Waals surface area contributed by atoms with E-state index in [4.69, 9.17) is 4.74 Å². The second kappa shape index (κ2) is 13.5. The number of guanidine groups is 1. The van der Waals surface area contributed by atoms with Crippen LogP contribution in [0.2, 0.25) is 0 Å². The summed E-state index contributed by atoms with van der Waals surface area (Å²) < 4.78 is 5.68. The maximum absolute atomic E-state index is 9.62. The molecular formula is C23H33IN4O2. The highest BCUT2D eigenvalue weighted by Gasteiger charge is 2.16. The average Bonchev–Trinajstić information content (AvgIpc) is 2.76. The van der Waals surface area contributed by atoms with Gasteiger partial charge in [0, 0.05) is 33.2 Å². The highest BCUT2D eigenvalue weighted by Crippen LogP contribution is 2.14. The molecule has 2 aromatic rings. The maximum atomic E-state index is 9.62. The van der Waals surface area contributed by atoms with Crippen molar-refractivity contribution in [2.24, 2.45) is 4.99 Å². The van der Waals surface area contributed by atoms with Crippen LogP contribution in [0, 0.1) is 0 Å². The first-order valence-electron chi connectivity index (χ1n) is 10.3. The number of likely N-dealkylation sites (tertiary alicyclic amines) is 1. The highest BCUT2D eigenvalue weighted by atomic mass is 127. The topological polar surface area (TPSA) is 69.1 Å². The molecule has 1 aliphatic rings. The molecule has 1 saturated heterocycles. The van der Waals surface area contributed by atoms with Gasteiger partial charge in [-0.15, -0.1) is 24.0 Å². The highest BCUT2D eigenvalue weighted by molar-refractivity contribution is 14.0. The predicted octanol–water partition coefficient (Wildman–Crippen LogP) is 3.01. The van der Waals surface area contributed by atoms with E-state index in [0.29, 0.717) is 13.2 Å². The Labute approximate surface area is 196 Å². The molecule has 0 unspecified atom stereocenters. The van der Waals surface area contributed by atoms with E-state index in [1.54, 1.807) is 7.05 Å². The monoisotopic (exact) mass is 524 g/mol. The minimum absolute atomic E-state index is 0. The van der Waals surface area contributed by atoms with Crippen molar-refractivity contribution in [3.05, 3.63) is 65.7 Å². The van der Waals surface area contributed by atoms with Gasteiger partial charge in [0.05, 0.1) is 12.6 Å². The molecule has 1 fully saturated rings. The second-order valence-corrected chi connectivity index (χ2v) is 7.34. The molecule has 1 heterocycles. The molecular weight excluding hydrogens is 491 g/mol. The number of rotatable bonds is 8. The van der Waals surface area contributed by atoms with Gasteiger partial charge in [-0.25, -0.2) is 0 Å². The number of nitrogens with zero attached hydrogens (tertiary/aromatic N) is 2. The van der Waals surface area contributed by atoms with Gasteiger partial charge in [0.25, 0.3) is 0 Å². The molecule has 0 radical (unpaired) electrons. The third-order valence-corrected chi connectivity index (χ3v) is 5.08. The summed E-state index contributed by atoms with van der Waals surface area (Å²) in [4.78, 5) is 6.67. The molecule has 0 saturated carbocycles. The molecule has 0 aliphatic carbocycles. The smallest absolute Gasteiger partial charge is 0.191 e. The number of halogens is 1. The van der Waals surface area contributed by atoms with Gasteiger partial charge in [0.2, 0.25) is 0 Å². The fraction of sp³-hybridized carbons (Fsp3) is 0.435. The van der Waals surface area contributed by atoms with E-state index in [2.05, 4.69) is 44.8 Å². The fourth-order valence-corrected chi connectivity index (χ4v) is 3.36. The van der Waals surface area contributed by atoms with Crippen molar-refractivity contribution in [2.75, 3.05) is 33.3 Å². The summed E-state index contributed by atoms with van der Waals surface area (Å²) in [7, 11) is 1.77. The van der Waals surface area contributed by atoms with E-state index < -0.39 is 0 Å². The van der Waals surface area contributed by atoms with Crippen LogP contribution in [0.3, 0.4) is 0 Å². The van der Waals surface area contributed by atoms with Crippen molar-refractivity contribution in [1.29, 1.82) is 0 Å². The molecule has 3 N–H and O–H groups in total. The number of para-hydroxylation sites is 1. The van der Waals surface area contributed by atoms with Gasteiger partial charge in [-0.05, 0) is 36.1 Å². The number of hydrogen-bond donors (Lipinski definition) is 3. The van der Waals surface area contributed by atoms with Crippen LogP contribution in [0.15, 0.2) is 59.6 Å². The average molecular weight is 524 g/mol. The van der Waals surface area contributed by atoms with Crippen molar-refractivity contribution < 1.29 is 9.84 Å². The summed E-state index contributed by atoms with van der Waals surface area (Å²) in [5, 5.41) is 16.2. The molecule has 6 nitrogen and oxygen atoms in total. The van der Waals surface area contributed by atoms with Gasteiger partial charge >= 0.3 is 0 Å². The quantitative estimate of drug-likeness (QED) is 0.215. The molecule has 0 aromatic heterocycles. The summed E-state index contributed by atoms with van der Waals surface area (Å²) >= 11 is 0. The van der Waals surface area contributed by atoms with E-state index in [9.17, 15) is 5.11 Å². The molecule has 1 aliphatic heterocycles. The van der Waals surface area contributed by atoms with Crippen molar-refractivity contribution in [1.82, 2.24) is 15.5 Å². The number of aliphatic imine (C=N–C) groups is 1. The minimum atomic E-state index is -0.118. The Hall–Kier alpha value is -1.84. The van der Waals surface area contributed by atoms with Gasteiger partial charge in [0.15, 0.2) is 5.96 Å². The zero-order chi connectivity index (χ0) is 20.3. The number of piperidine rings is 1. The fourth-order valence-electron chi connectivity index (χ4n) is 3.36. The van der Waals surface area contributed by atoms with E-state index in [1.165, 1.54) is 11.1 Å². The molecule has 3 rings (SSSR count). The van der Waals surface area contributed by atoms with Crippen LogP contribution < -0.4 is 15.4 Å². The molecule has 30 heavy (non-hydrogen) atoms. The second-order valence-electron chi connectivity index (χ2n) is 7.34. The Morgan fingerprint density at radius 1 is 1.03 bits per heavy atom. The van der Waals surface area contributed by atoms with Crippen LogP contribution in [0.5, 0.6) is 5.75 Å². The van der Waals surface area contributed by atoms with Crippen molar-refractivity contribution >= 4 is 29.9 Å². The van der Waals surface area contributed by atoms with Crippen LogP contribution in [0.25, 0.3) is 0 Å².